The summed E-state index contributed by atoms with van der Waals surface area (Å²) in [6, 6.07) is 0. The number of sulfonamides is 1. The lowest BCUT2D eigenvalue weighted by molar-refractivity contribution is -0.126. The van der Waals surface area contributed by atoms with E-state index in [1.165, 1.54) is 36.5 Å². The van der Waals surface area contributed by atoms with Crippen molar-refractivity contribution in [3.8, 4) is 0 Å². The van der Waals surface area contributed by atoms with E-state index in [9.17, 15) is 13.2 Å². The highest BCUT2D eigenvalue weighted by atomic mass is 32.2. The lowest BCUT2D eigenvalue weighted by atomic mass is 9.99. The molecule has 0 aromatic rings. The van der Waals surface area contributed by atoms with Crippen molar-refractivity contribution >= 4 is 15.9 Å². The molecule has 2 heterocycles. The van der Waals surface area contributed by atoms with E-state index in [4.69, 9.17) is 0 Å². The van der Waals surface area contributed by atoms with Crippen molar-refractivity contribution in [2.45, 2.75) is 32.1 Å². The number of rotatable bonds is 6. The Morgan fingerprint density at radius 1 is 1.19 bits per heavy atom. The number of hydrogen-bond donors (Lipinski definition) is 1. The summed E-state index contributed by atoms with van der Waals surface area (Å²) in [6.45, 7) is 4.96. The molecule has 0 aromatic carbocycles. The molecule has 2 saturated heterocycles. The Morgan fingerprint density at radius 2 is 1.90 bits per heavy atom. The van der Waals surface area contributed by atoms with E-state index in [1.54, 1.807) is 0 Å². The Kier molecular flexibility index (Phi) is 6.01. The molecule has 21 heavy (non-hydrogen) atoms. The first kappa shape index (κ1) is 16.7. The fourth-order valence-electron chi connectivity index (χ4n) is 3.12. The first-order valence-electron chi connectivity index (χ1n) is 7.92. The molecule has 0 unspecified atom stereocenters. The number of likely N-dealkylation sites (tertiary alicyclic amines) is 1. The molecule has 6 nitrogen and oxygen atoms in total. The molecule has 0 aliphatic carbocycles. The highest BCUT2D eigenvalue weighted by Gasteiger charge is 2.29. The van der Waals surface area contributed by atoms with Crippen molar-refractivity contribution in [2.75, 3.05) is 45.5 Å². The topological polar surface area (TPSA) is 69.7 Å². The Hall–Kier alpha value is -0.660. The van der Waals surface area contributed by atoms with Gasteiger partial charge in [0, 0.05) is 19.6 Å². The minimum absolute atomic E-state index is 0.00442. The summed E-state index contributed by atoms with van der Waals surface area (Å²) < 4.78 is 24.5. The molecular weight excluding hydrogens is 290 g/mol. The number of carbonyl (C=O) groups is 1. The van der Waals surface area contributed by atoms with E-state index in [0.717, 1.165) is 25.8 Å². The normalized spacial score (nSPS) is 25.1. The van der Waals surface area contributed by atoms with E-state index in [0.29, 0.717) is 19.6 Å². The van der Waals surface area contributed by atoms with E-state index in [2.05, 4.69) is 10.2 Å². The first-order chi connectivity index (χ1) is 9.97. The zero-order valence-corrected chi connectivity index (χ0v) is 13.7. The second-order valence-electron chi connectivity index (χ2n) is 6.15. The second-order valence-corrected chi connectivity index (χ2v) is 8.14. The van der Waals surface area contributed by atoms with Gasteiger partial charge in [0.05, 0.1) is 12.2 Å². The average molecular weight is 317 g/mol. The third-order valence-electron chi connectivity index (χ3n) is 4.37. The third kappa shape index (κ3) is 5.23. The van der Waals surface area contributed by atoms with Crippen LogP contribution in [-0.4, -0.2) is 69.1 Å². The monoisotopic (exact) mass is 317 g/mol. The molecule has 0 bridgehead atoms. The number of hydrogen-bond acceptors (Lipinski definition) is 4. The molecule has 2 fully saturated rings. The Morgan fingerprint density at radius 3 is 2.57 bits per heavy atom. The molecule has 2 aliphatic heterocycles. The van der Waals surface area contributed by atoms with Gasteiger partial charge in [-0.05, 0) is 51.7 Å². The zero-order chi connectivity index (χ0) is 15.3. The minimum Gasteiger partial charge on any atom is -0.356 e. The van der Waals surface area contributed by atoms with Gasteiger partial charge in [-0.1, -0.05) is 0 Å². The van der Waals surface area contributed by atoms with Crippen molar-refractivity contribution in [3.05, 3.63) is 0 Å². The maximum absolute atomic E-state index is 12.1. The summed E-state index contributed by atoms with van der Waals surface area (Å²) in [6.07, 6.45) is 6.30. The zero-order valence-electron chi connectivity index (χ0n) is 12.9. The van der Waals surface area contributed by atoms with Crippen LogP contribution in [0.4, 0.5) is 0 Å². The highest BCUT2D eigenvalue weighted by molar-refractivity contribution is 7.88. The van der Waals surface area contributed by atoms with Crippen LogP contribution in [0.25, 0.3) is 0 Å². The highest BCUT2D eigenvalue weighted by Crippen LogP contribution is 2.18. The molecule has 0 spiro atoms. The van der Waals surface area contributed by atoms with Gasteiger partial charge >= 0.3 is 0 Å². The van der Waals surface area contributed by atoms with E-state index in [-0.39, 0.29) is 11.8 Å². The summed E-state index contributed by atoms with van der Waals surface area (Å²) in [7, 11) is -3.18. The van der Waals surface area contributed by atoms with Crippen molar-refractivity contribution in [3.63, 3.8) is 0 Å². The standard InChI is InChI=1S/C14H27N3O3S/c1-21(19,20)17-11-4-6-13(12-17)14(18)15-7-5-10-16-8-2-3-9-16/h13H,2-12H2,1H3,(H,15,18)/t13-/m1/s1. The van der Waals surface area contributed by atoms with Gasteiger partial charge < -0.3 is 10.2 Å². The van der Waals surface area contributed by atoms with E-state index < -0.39 is 10.0 Å². The van der Waals surface area contributed by atoms with E-state index in [1.807, 2.05) is 0 Å². The van der Waals surface area contributed by atoms with Gasteiger partial charge in [-0.2, -0.15) is 0 Å². The molecule has 2 rings (SSSR count). The second kappa shape index (κ2) is 7.56. The Bertz CT molecular complexity index is 446. The molecular formula is C14H27N3O3S. The van der Waals surface area contributed by atoms with Gasteiger partial charge in [0.15, 0.2) is 0 Å². The van der Waals surface area contributed by atoms with Crippen LogP contribution in [0.5, 0.6) is 0 Å². The molecule has 0 radical (unpaired) electrons. The van der Waals surface area contributed by atoms with Gasteiger partial charge in [0.2, 0.25) is 15.9 Å². The number of carbonyl (C=O) groups excluding carboxylic acids is 1. The quantitative estimate of drug-likeness (QED) is 0.714. The average Bonchev–Trinajstić information content (AvgIpc) is 2.96. The molecule has 1 amide bonds. The third-order valence-corrected chi connectivity index (χ3v) is 5.64. The Labute approximate surface area is 127 Å². The summed E-state index contributed by atoms with van der Waals surface area (Å²) in [5, 5.41) is 2.96. The number of amides is 1. The lowest BCUT2D eigenvalue weighted by Gasteiger charge is -2.30. The van der Waals surface area contributed by atoms with Crippen molar-refractivity contribution < 1.29 is 13.2 Å². The number of nitrogens with one attached hydrogen (secondary N) is 1. The van der Waals surface area contributed by atoms with Crippen LogP contribution in [-0.2, 0) is 14.8 Å². The van der Waals surface area contributed by atoms with Crippen LogP contribution in [0.15, 0.2) is 0 Å². The molecule has 122 valence electrons. The lowest BCUT2D eigenvalue weighted by Crippen LogP contribution is -2.45. The molecule has 2 aliphatic rings. The van der Waals surface area contributed by atoms with Gasteiger partial charge in [-0.3, -0.25) is 4.79 Å². The van der Waals surface area contributed by atoms with Gasteiger partial charge in [-0.15, -0.1) is 0 Å². The molecule has 0 saturated carbocycles. The summed E-state index contributed by atoms with van der Waals surface area (Å²) in [5.41, 5.74) is 0. The summed E-state index contributed by atoms with van der Waals surface area (Å²) in [4.78, 5) is 14.5. The van der Waals surface area contributed by atoms with Gasteiger partial charge in [0.25, 0.3) is 0 Å². The smallest absolute Gasteiger partial charge is 0.224 e. The molecule has 1 atom stereocenters. The van der Waals surface area contributed by atoms with Crippen LogP contribution in [0.1, 0.15) is 32.1 Å². The van der Waals surface area contributed by atoms with Crippen LogP contribution < -0.4 is 5.32 Å². The van der Waals surface area contributed by atoms with Crippen molar-refractivity contribution in [2.24, 2.45) is 5.92 Å². The maximum Gasteiger partial charge on any atom is 0.224 e. The molecule has 7 heteroatoms. The molecule has 1 N–H and O–H groups in total. The van der Waals surface area contributed by atoms with Crippen LogP contribution >= 0.6 is 0 Å². The van der Waals surface area contributed by atoms with Crippen molar-refractivity contribution in [1.82, 2.24) is 14.5 Å². The fraction of sp³-hybridized carbons (Fsp3) is 0.929. The van der Waals surface area contributed by atoms with Gasteiger partial charge in [-0.25, -0.2) is 12.7 Å². The van der Waals surface area contributed by atoms with Crippen LogP contribution in [0.2, 0.25) is 0 Å². The first-order valence-corrected chi connectivity index (χ1v) is 9.77. The predicted octanol–water partition coefficient (Wildman–Crippen LogP) is 0.260. The SMILES string of the molecule is CS(=O)(=O)N1CCC[C@@H](C(=O)NCCCN2CCCC2)C1. The van der Waals surface area contributed by atoms with Crippen LogP contribution in [0.3, 0.4) is 0 Å². The van der Waals surface area contributed by atoms with Gasteiger partial charge in [0.1, 0.15) is 0 Å². The number of nitrogens with zero attached hydrogens (tertiary/aromatic N) is 2. The predicted molar refractivity (Wildman–Crippen MR) is 82.4 cm³/mol. The Balaban J connectivity index is 1.67. The van der Waals surface area contributed by atoms with Crippen molar-refractivity contribution in [1.29, 1.82) is 0 Å². The molecule has 0 aromatic heterocycles. The number of piperidine rings is 1. The largest absolute Gasteiger partial charge is 0.356 e. The summed E-state index contributed by atoms with van der Waals surface area (Å²) in [5.74, 6) is -0.190. The summed E-state index contributed by atoms with van der Waals surface area (Å²) >= 11 is 0. The minimum atomic E-state index is -3.18. The maximum atomic E-state index is 12.1. The van der Waals surface area contributed by atoms with Crippen LogP contribution in [0, 0.1) is 5.92 Å². The van der Waals surface area contributed by atoms with E-state index >= 15 is 0 Å². The fourth-order valence-corrected chi connectivity index (χ4v) is 4.03.